The second kappa shape index (κ2) is 10.3. The van der Waals surface area contributed by atoms with Crippen molar-refractivity contribution in [3.63, 3.8) is 0 Å². The van der Waals surface area contributed by atoms with Crippen LogP contribution in [0.15, 0.2) is 67.4 Å². The molecule has 7 nitrogen and oxygen atoms in total. The zero-order valence-corrected chi connectivity index (χ0v) is 20.1. The number of hydrogen-bond acceptors (Lipinski definition) is 5. The van der Waals surface area contributed by atoms with Gasteiger partial charge in [0.25, 0.3) is 0 Å². The van der Waals surface area contributed by atoms with Crippen molar-refractivity contribution < 1.29 is 4.74 Å². The van der Waals surface area contributed by atoms with E-state index in [9.17, 15) is 0 Å². The van der Waals surface area contributed by atoms with Gasteiger partial charge in [-0.25, -0.2) is 9.67 Å². The topological polar surface area (TPSA) is 71.0 Å². The summed E-state index contributed by atoms with van der Waals surface area (Å²) in [6.07, 6.45) is 9.04. The van der Waals surface area contributed by atoms with E-state index < -0.39 is 0 Å². The molecular weight excluding hydrogens is 436 g/mol. The molecule has 2 fully saturated rings. The second-order valence-electron chi connectivity index (χ2n) is 10.0. The van der Waals surface area contributed by atoms with Gasteiger partial charge in [-0.3, -0.25) is 4.90 Å². The molecule has 2 N–H and O–H groups in total. The van der Waals surface area contributed by atoms with Gasteiger partial charge in [0.15, 0.2) is 0 Å². The Labute approximate surface area is 206 Å². The van der Waals surface area contributed by atoms with Crippen molar-refractivity contribution in [3.05, 3.63) is 84.1 Å². The van der Waals surface area contributed by atoms with Gasteiger partial charge in [-0.15, -0.1) is 0 Å². The highest BCUT2D eigenvalue weighted by Crippen LogP contribution is 2.28. The number of morpholine rings is 1. The van der Waals surface area contributed by atoms with E-state index in [1.807, 2.05) is 4.68 Å². The van der Waals surface area contributed by atoms with E-state index in [0.717, 1.165) is 45.8 Å². The fraction of sp³-hybridized carbons (Fsp3) is 0.429. The quantitative estimate of drug-likeness (QED) is 0.410. The number of aromatic amines is 1. The van der Waals surface area contributed by atoms with Crippen molar-refractivity contribution in [3.8, 4) is 0 Å². The first kappa shape index (κ1) is 22.5. The van der Waals surface area contributed by atoms with Crippen LogP contribution < -0.4 is 5.32 Å². The molecule has 0 radical (unpaired) electrons. The lowest BCUT2D eigenvalue weighted by molar-refractivity contribution is -0.0144. The molecule has 2 saturated heterocycles. The minimum Gasteiger partial charge on any atom is -0.378 e. The molecule has 0 spiro atoms. The molecule has 182 valence electrons. The third kappa shape index (κ3) is 5.17. The Morgan fingerprint density at radius 3 is 2.94 bits per heavy atom. The Morgan fingerprint density at radius 1 is 1.11 bits per heavy atom. The molecule has 4 heterocycles. The molecule has 2 aromatic heterocycles. The number of benzene rings is 2. The van der Waals surface area contributed by atoms with Crippen LogP contribution in [0.5, 0.6) is 0 Å². The highest BCUT2D eigenvalue weighted by molar-refractivity contribution is 5.83. The molecule has 6 rings (SSSR count). The molecule has 0 bridgehead atoms. The molecule has 1 unspecified atom stereocenters. The Morgan fingerprint density at radius 2 is 2.06 bits per heavy atom. The van der Waals surface area contributed by atoms with Crippen molar-refractivity contribution in [2.24, 2.45) is 5.92 Å². The van der Waals surface area contributed by atoms with Crippen LogP contribution in [-0.2, 0) is 17.7 Å². The van der Waals surface area contributed by atoms with Crippen molar-refractivity contribution >= 4 is 10.9 Å². The standard InChI is InChI=1S/C28H34N6O/c1-2-4-23(5-3-1)28-18-35-11-10-33(28)16-22-12-25(30-14-22)8-7-24-15-31-27-9-6-21(13-26(24)27)17-34-20-29-19-32-34/h1-6,9,13,15,19-20,22,25,28,30-31H,7-8,10-12,14,16-18H2/t22-,25?,28+/m1/s1. The summed E-state index contributed by atoms with van der Waals surface area (Å²) in [6.45, 7) is 5.66. The predicted molar refractivity (Wildman–Crippen MR) is 137 cm³/mol. The second-order valence-corrected chi connectivity index (χ2v) is 10.0. The van der Waals surface area contributed by atoms with Gasteiger partial charge in [-0.1, -0.05) is 36.4 Å². The van der Waals surface area contributed by atoms with Crippen LogP contribution in [0.1, 0.15) is 35.6 Å². The molecule has 0 amide bonds. The number of rotatable bonds is 8. The highest BCUT2D eigenvalue weighted by Gasteiger charge is 2.30. The predicted octanol–water partition coefficient (Wildman–Crippen LogP) is 3.79. The zero-order valence-electron chi connectivity index (χ0n) is 20.1. The van der Waals surface area contributed by atoms with Crippen molar-refractivity contribution in [2.75, 3.05) is 32.8 Å². The Kier molecular flexibility index (Phi) is 6.62. The minimum absolute atomic E-state index is 0.377. The Hall–Kier alpha value is -3.00. The summed E-state index contributed by atoms with van der Waals surface area (Å²) in [6, 6.07) is 18.4. The van der Waals surface area contributed by atoms with Gasteiger partial charge in [0.05, 0.1) is 25.8 Å². The summed E-state index contributed by atoms with van der Waals surface area (Å²) < 4.78 is 7.70. The minimum atomic E-state index is 0.377. The van der Waals surface area contributed by atoms with Crippen LogP contribution in [0.25, 0.3) is 10.9 Å². The van der Waals surface area contributed by atoms with Crippen LogP contribution in [0, 0.1) is 5.92 Å². The number of hydrogen-bond donors (Lipinski definition) is 2. The number of H-pyrrole nitrogens is 1. The van der Waals surface area contributed by atoms with Crippen LogP contribution in [0.3, 0.4) is 0 Å². The lowest BCUT2D eigenvalue weighted by atomic mass is 9.97. The summed E-state index contributed by atoms with van der Waals surface area (Å²) in [4.78, 5) is 10.2. The number of ether oxygens (including phenoxy) is 1. The van der Waals surface area contributed by atoms with Gasteiger partial charge in [-0.05, 0) is 60.5 Å². The van der Waals surface area contributed by atoms with Gasteiger partial charge in [0.2, 0.25) is 0 Å². The molecule has 2 aliphatic heterocycles. The smallest absolute Gasteiger partial charge is 0.137 e. The first-order chi connectivity index (χ1) is 17.3. The summed E-state index contributed by atoms with van der Waals surface area (Å²) in [5.41, 5.74) is 5.24. The van der Waals surface area contributed by atoms with E-state index in [2.05, 4.69) is 80.0 Å². The number of fused-ring (bicyclic) bond motifs is 1. The maximum Gasteiger partial charge on any atom is 0.137 e. The number of aromatic nitrogens is 4. The van der Waals surface area contributed by atoms with E-state index in [1.54, 1.807) is 12.7 Å². The molecular formula is C28H34N6O. The van der Waals surface area contributed by atoms with Crippen LogP contribution in [-0.4, -0.2) is 63.5 Å². The van der Waals surface area contributed by atoms with E-state index in [1.165, 1.54) is 40.4 Å². The molecule has 0 aliphatic carbocycles. The number of nitrogens with one attached hydrogen (secondary N) is 2. The molecule has 4 aromatic rings. The first-order valence-corrected chi connectivity index (χ1v) is 12.8. The lowest BCUT2D eigenvalue weighted by Gasteiger charge is -2.37. The summed E-state index contributed by atoms with van der Waals surface area (Å²) in [7, 11) is 0. The first-order valence-electron chi connectivity index (χ1n) is 12.8. The van der Waals surface area contributed by atoms with Crippen molar-refractivity contribution in [1.29, 1.82) is 0 Å². The molecule has 3 atom stereocenters. The average Bonchev–Trinajstić information content (AvgIpc) is 3.66. The monoisotopic (exact) mass is 470 g/mol. The third-order valence-corrected chi connectivity index (χ3v) is 7.63. The average molecular weight is 471 g/mol. The van der Waals surface area contributed by atoms with E-state index >= 15 is 0 Å². The number of nitrogens with zero attached hydrogens (tertiary/aromatic N) is 4. The van der Waals surface area contributed by atoms with Gasteiger partial charge in [0, 0.05) is 36.2 Å². The molecule has 35 heavy (non-hydrogen) atoms. The van der Waals surface area contributed by atoms with Gasteiger partial charge in [-0.2, -0.15) is 5.10 Å². The fourth-order valence-electron chi connectivity index (χ4n) is 5.79. The van der Waals surface area contributed by atoms with Crippen LogP contribution in [0.2, 0.25) is 0 Å². The number of aryl methyl sites for hydroxylation is 1. The SMILES string of the molecule is c1ccc([C@@H]2COCCN2C[C@H]2CNC(CCc3c[nH]c4ccc(Cn5cncn5)cc34)C2)cc1. The van der Waals surface area contributed by atoms with E-state index in [-0.39, 0.29) is 0 Å². The van der Waals surface area contributed by atoms with Crippen LogP contribution in [0.4, 0.5) is 0 Å². The highest BCUT2D eigenvalue weighted by atomic mass is 16.5. The van der Waals surface area contributed by atoms with E-state index in [0.29, 0.717) is 18.0 Å². The summed E-state index contributed by atoms with van der Waals surface area (Å²) in [5.74, 6) is 0.696. The lowest BCUT2D eigenvalue weighted by Crippen LogP contribution is -2.42. The fourth-order valence-corrected chi connectivity index (χ4v) is 5.79. The van der Waals surface area contributed by atoms with Crippen molar-refractivity contribution in [1.82, 2.24) is 30.0 Å². The summed E-state index contributed by atoms with van der Waals surface area (Å²) in [5, 5.41) is 9.39. The van der Waals surface area contributed by atoms with E-state index in [4.69, 9.17) is 4.74 Å². The summed E-state index contributed by atoms with van der Waals surface area (Å²) >= 11 is 0. The van der Waals surface area contributed by atoms with Gasteiger partial charge in [0.1, 0.15) is 12.7 Å². The van der Waals surface area contributed by atoms with Crippen molar-refractivity contribution in [2.45, 2.75) is 37.9 Å². The largest absolute Gasteiger partial charge is 0.378 e. The Balaban J connectivity index is 1.05. The molecule has 0 saturated carbocycles. The van der Waals surface area contributed by atoms with Gasteiger partial charge < -0.3 is 15.0 Å². The Bertz CT molecular complexity index is 1220. The van der Waals surface area contributed by atoms with Gasteiger partial charge >= 0.3 is 0 Å². The maximum atomic E-state index is 5.84. The normalized spacial score (nSPS) is 23.3. The molecule has 7 heteroatoms. The maximum absolute atomic E-state index is 5.84. The zero-order chi connectivity index (χ0) is 23.5. The van der Waals surface area contributed by atoms with Crippen LogP contribution >= 0.6 is 0 Å². The molecule has 2 aliphatic rings. The molecule has 2 aromatic carbocycles. The third-order valence-electron chi connectivity index (χ3n) is 7.63.